The Morgan fingerprint density at radius 2 is 1.88 bits per heavy atom. The molecule has 0 aliphatic carbocycles. The molecule has 0 bridgehead atoms. The van der Waals surface area contributed by atoms with Crippen LogP contribution in [0.3, 0.4) is 0 Å². The van der Waals surface area contributed by atoms with E-state index in [0.717, 1.165) is 37.7 Å². The molecule has 0 unspecified atom stereocenters. The minimum absolute atomic E-state index is 0.403. The zero-order chi connectivity index (χ0) is 12.2. The molecule has 2 nitrogen and oxygen atoms in total. The maximum absolute atomic E-state index is 5.51. The third-order valence-electron chi connectivity index (χ3n) is 2.85. The fraction of sp³-hybridized carbons (Fsp3) is 0.923. The van der Waals surface area contributed by atoms with Gasteiger partial charge < -0.3 is 9.64 Å². The van der Waals surface area contributed by atoms with Crippen molar-refractivity contribution in [2.45, 2.75) is 40.5 Å². The summed E-state index contributed by atoms with van der Waals surface area (Å²) in [5, 5.41) is 0. The highest BCUT2D eigenvalue weighted by atomic mass is 32.1. The van der Waals surface area contributed by atoms with Crippen LogP contribution < -0.4 is 0 Å². The molecule has 0 aromatic heterocycles. The van der Waals surface area contributed by atoms with Crippen LogP contribution in [0.15, 0.2) is 0 Å². The molecule has 1 heterocycles. The second-order valence-corrected chi connectivity index (χ2v) is 6.54. The normalized spacial score (nSPS) is 19.6. The van der Waals surface area contributed by atoms with Crippen molar-refractivity contribution in [1.29, 1.82) is 0 Å². The lowest BCUT2D eigenvalue weighted by Gasteiger charge is -2.31. The average Bonchev–Trinajstić information content (AvgIpc) is 2.16. The van der Waals surface area contributed by atoms with Crippen LogP contribution in [0.4, 0.5) is 0 Å². The van der Waals surface area contributed by atoms with Crippen molar-refractivity contribution in [3.8, 4) is 0 Å². The van der Waals surface area contributed by atoms with Crippen molar-refractivity contribution >= 4 is 17.2 Å². The summed E-state index contributed by atoms with van der Waals surface area (Å²) in [5.74, 6) is 0.676. The average molecular weight is 243 g/mol. The Morgan fingerprint density at radius 1 is 1.31 bits per heavy atom. The minimum Gasteiger partial charge on any atom is -0.378 e. The SMILES string of the molecule is C[C@@H](CC(=S)N1CCOCC1)CC(C)(C)C. The third kappa shape index (κ3) is 5.26. The van der Waals surface area contributed by atoms with Crippen molar-refractivity contribution in [2.75, 3.05) is 26.3 Å². The fourth-order valence-corrected chi connectivity index (χ4v) is 2.82. The second-order valence-electron chi connectivity index (χ2n) is 6.07. The predicted molar refractivity (Wildman–Crippen MR) is 72.8 cm³/mol. The lowest BCUT2D eigenvalue weighted by Crippen LogP contribution is -2.40. The Kier molecular flexibility index (Phi) is 5.19. The maximum Gasteiger partial charge on any atom is 0.0783 e. The predicted octanol–water partition coefficient (Wildman–Crippen LogP) is 3.11. The Balaban J connectivity index is 2.32. The summed E-state index contributed by atoms with van der Waals surface area (Å²) < 4.78 is 5.33. The first-order valence-corrected chi connectivity index (χ1v) is 6.65. The van der Waals surface area contributed by atoms with Crippen LogP contribution in [-0.2, 0) is 4.74 Å². The van der Waals surface area contributed by atoms with Gasteiger partial charge in [-0.15, -0.1) is 0 Å². The van der Waals surface area contributed by atoms with Gasteiger partial charge in [0.05, 0.1) is 18.2 Å². The molecule has 1 saturated heterocycles. The van der Waals surface area contributed by atoms with E-state index in [-0.39, 0.29) is 0 Å². The van der Waals surface area contributed by atoms with E-state index in [2.05, 4.69) is 32.6 Å². The smallest absolute Gasteiger partial charge is 0.0783 e. The first kappa shape index (κ1) is 13.9. The summed E-state index contributed by atoms with van der Waals surface area (Å²) in [6, 6.07) is 0. The van der Waals surface area contributed by atoms with E-state index in [0.29, 0.717) is 11.3 Å². The molecule has 1 fully saturated rings. The van der Waals surface area contributed by atoms with E-state index in [1.54, 1.807) is 0 Å². The van der Waals surface area contributed by atoms with Gasteiger partial charge >= 0.3 is 0 Å². The largest absolute Gasteiger partial charge is 0.378 e. The lowest BCUT2D eigenvalue weighted by molar-refractivity contribution is 0.0677. The van der Waals surface area contributed by atoms with Crippen LogP contribution in [0.2, 0.25) is 0 Å². The second kappa shape index (κ2) is 5.97. The summed E-state index contributed by atoms with van der Waals surface area (Å²) >= 11 is 5.51. The van der Waals surface area contributed by atoms with Gasteiger partial charge in [0.25, 0.3) is 0 Å². The van der Waals surface area contributed by atoms with Gasteiger partial charge in [-0.25, -0.2) is 0 Å². The van der Waals surface area contributed by atoms with Crippen molar-refractivity contribution in [1.82, 2.24) is 4.90 Å². The molecule has 1 aliphatic heterocycles. The van der Waals surface area contributed by atoms with Crippen LogP contribution in [-0.4, -0.2) is 36.2 Å². The van der Waals surface area contributed by atoms with Crippen molar-refractivity contribution in [2.24, 2.45) is 11.3 Å². The molecule has 0 aromatic carbocycles. The molecule has 94 valence electrons. The summed E-state index contributed by atoms with van der Waals surface area (Å²) in [7, 11) is 0. The zero-order valence-corrected chi connectivity index (χ0v) is 11.9. The summed E-state index contributed by atoms with van der Waals surface area (Å²) in [4.78, 5) is 3.43. The first-order chi connectivity index (χ1) is 7.38. The molecule has 1 atom stereocenters. The summed E-state index contributed by atoms with van der Waals surface area (Å²) in [5.41, 5.74) is 0.403. The van der Waals surface area contributed by atoms with E-state index in [9.17, 15) is 0 Å². The van der Waals surface area contributed by atoms with Crippen molar-refractivity contribution in [3.05, 3.63) is 0 Å². The van der Waals surface area contributed by atoms with Gasteiger partial charge in [0.2, 0.25) is 0 Å². The van der Waals surface area contributed by atoms with Gasteiger partial charge in [0.15, 0.2) is 0 Å². The van der Waals surface area contributed by atoms with Gasteiger partial charge in [-0.1, -0.05) is 39.9 Å². The van der Waals surface area contributed by atoms with E-state index < -0.39 is 0 Å². The van der Waals surface area contributed by atoms with Gasteiger partial charge in [0.1, 0.15) is 0 Å². The topological polar surface area (TPSA) is 12.5 Å². The van der Waals surface area contributed by atoms with Crippen LogP contribution in [0, 0.1) is 11.3 Å². The fourth-order valence-electron chi connectivity index (χ4n) is 2.36. The number of rotatable bonds is 3. The van der Waals surface area contributed by atoms with E-state index in [1.165, 1.54) is 6.42 Å². The van der Waals surface area contributed by atoms with Crippen LogP contribution in [0.5, 0.6) is 0 Å². The monoisotopic (exact) mass is 243 g/mol. The lowest BCUT2D eigenvalue weighted by atomic mass is 9.84. The van der Waals surface area contributed by atoms with Gasteiger partial charge in [0, 0.05) is 19.5 Å². The summed E-state index contributed by atoms with van der Waals surface area (Å²) in [6.45, 7) is 12.8. The van der Waals surface area contributed by atoms with Crippen LogP contribution in [0.25, 0.3) is 0 Å². The highest BCUT2D eigenvalue weighted by Crippen LogP contribution is 2.26. The third-order valence-corrected chi connectivity index (χ3v) is 3.27. The van der Waals surface area contributed by atoms with Crippen molar-refractivity contribution < 1.29 is 4.74 Å². The molecule has 0 aromatic rings. The molecule has 0 spiro atoms. The number of ether oxygens (including phenoxy) is 1. The highest BCUT2D eigenvalue weighted by Gasteiger charge is 2.19. The molecule has 0 saturated carbocycles. The Labute approximate surface area is 105 Å². The van der Waals surface area contributed by atoms with E-state index >= 15 is 0 Å². The molecule has 1 rings (SSSR count). The van der Waals surface area contributed by atoms with Crippen LogP contribution in [0.1, 0.15) is 40.5 Å². The number of thiocarbonyl (C=S) groups is 1. The van der Waals surface area contributed by atoms with Crippen molar-refractivity contribution in [3.63, 3.8) is 0 Å². The van der Waals surface area contributed by atoms with Gasteiger partial charge in [-0.05, 0) is 17.8 Å². The number of morpholine rings is 1. The van der Waals surface area contributed by atoms with Gasteiger partial charge in [-0.2, -0.15) is 0 Å². The quantitative estimate of drug-likeness (QED) is 0.707. The molecule has 0 radical (unpaired) electrons. The number of hydrogen-bond donors (Lipinski definition) is 0. The summed E-state index contributed by atoms with van der Waals surface area (Å²) in [6.07, 6.45) is 2.28. The standard InChI is InChI=1S/C13H25NOS/c1-11(10-13(2,3)4)9-12(16)14-5-7-15-8-6-14/h11H,5-10H2,1-4H3/t11-/m0/s1. The van der Waals surface area contributed by atoms with Gasteiger partial charge in [-0.3, -0.25) is 0 Å². The van der Waals surface area contributed by atoms with E-state index in [1.807, 2.05) is 0 Å². The Bertz CT molecular complexity index is 229. The Morgan fingerprint density at radius 3 is 2.38 bits per heavy atom. The molecule has 0 N–H and O–H groups in total. The van der Waals surface area contributed by atoms with Crippen LogP contribution >= 0.6 is 12.2 Å². The van der Waals surface area contributed by atoms with E-state index in [4.69, 9.17) is 17.0 Å². The first-order valence-electron chi connectivity index (χ1n) is 6.24. The number of nitrogens with zero attached hydrogens (tertiary/aromatic N) is 1. The minimum atomic E-state index is 0.403. The molecule has 0 amide bonds. The molecule has 1 aliphatic rings. The zero-order valence-electron chi connectivity index (χ0n) is 11.1. The number of hydrogen-bond acceptors (Lipinski definition) is 2. The molecule has 16 heavy (non-hydrogen) atoms. The molecular formula is C13H25NOS. The Hall–Kier alpha value is -0.150. The maximum atomic E-state index is 5.51. The molecule has 3 heteroatoms. The molecular weight excluding hydrogens is 218 g/mol. The highest BCUT2D eigenvalue weighted by molar-refractivity contribution is 7.80.